The molecule has 3 amide bonds. The Morgan fingerprint density at radius 2 is 1.77 bits per heavy atom. The van der Waals surface area contributed by atoms with Gasteiger partial charge in [0.15, 0.2) is 5.82 Å². The minimum absolute atomic E-state index is 0. The average Bonchev–Trinajstić information content (AvgIpc) is 3.56. The fraction of sp³-hybridized carbons (Fsp3) is 0.600. The molecule has 3 heterocycles. The molecule has 2 aromatic rings. The SMILES string of the molecule is CNC(=O)[C@H](c1ccc(F)cc1)N1CCN(C(=O)N2CC3(CC(n4cnc(C5CC5)n4)C3)C2)CC1.[HH]. The van der Waals surface area contributed by atoms with Crippen LogP contribution in [-0.4, -0.2) is 87.7 Å². The summed E-state index contributed by atoms with van der Waals surface area (Å²) in [6, 6.07) is 6.08. The third-order valence-corrected chi connectivity index (χ3v) is 8.13. The molecule has 2 aliphatic carbocycles. The quantitative estimate of drug-likeness (QED) is 0.706. The summed E-state index contributed by atoms with van der Waals surface area (Å²) < 4.78 is 15.4. The van der Waals surface area contributed by atoms with E-state index in [-0.39, 0.29) is 24.6 Å². The van der Waals surface area contributed by atoms with E-state index in [1.807, 2.05) is 20.8 Å². The van der Waals surface area contributed by atoms with Crippen molar-refractivity contribution in [2.24, 2.45) is 5.41 Å². The zero-order chi connectivity index (χ0) is 24.2. The summed E-state index contributed by atoms with van der Waals surface area (Å²) in [5, 5.41) is 7.40. The van der Waals surface area contributed by atoms with Gasteiger partial charge in [-0.3, -0.25) is 9.69 Å². The fourth-order valence-electron chi connectivity index (χ4n) is 5.96. The highest BCUT2D eigenvalue weighted by Gasteiger charge is 2.55. The van der Waals surface area contributed by atoms with Gasteiger partial charge in [0.2, 0.25) is 5.91 Å². The van der Waals surface area contributed by atoms with Gasteiger partial charge in [-0.2, -0.15) is 5.10 Å². The number of hydrogen-bond acceptors (Lipinski definition) is 5. The van der Waals surface area contributed by atoms with E-state index in [0.29, 0.717) is 38.1 Å². The molecule has 0 radical (unpaired) electrons. The number of nitrogens with zero attached hydrogens (tertiary/aromatic N) is 6. The van der Waals surface area contributed by atoms with E-state index in [2.05, 4.69) is 20.3 Å². The summed E-state index contributed by atoms with van der Waals surface area (Å²) in [5.41, 5.74) is 0.993. The number of benzene rings is 1. The third-order valence-electron chi connectivity index (χ3n) is 8.13. The molecule has 2 aliphatic heterocycles. The maximum atomic E-state index is 13.4. The van der Waals surface area contributed by atoms with E-state index in [4.69, 9.17) is 0 Å². The van der Waals surface area contributed by atoms with E-state index < -0.39 is 6.04 Å². The third kappa shape index (κ3) is 4.17. The number of piperazine rings is 1. The van der Waals surface area contributed by atoms with E-state index >= 15 is 0 Å². The first-order valence-corrected chi connectivity index (χ1v) is 12.6. The van der Waals surface area contributed by atoms with Gasteiger partial charge in [0.05, 0.1) is 6.04 Å². The Labute approximate surface area is 205 Å². The Kier molecular flexibility index (Phi) is 5.51. The van der Waals surface area contributed by atoms with Crippen molar-refractivity contribution in [2.45, 2.75) is 43.7 Å². The number of aromatic nitrogens is 3. The first kappa shape index (κ1) is 22.5. The molecule has 2 saturated heterocycles. The summed E-state index contributed by atoms with van der Waals surface area (Å²) in [6.45, 7) is 3.95. The van der Waals surface area contributed by atoms with E-state index in [1.54, 1.807) is 19.2 Å². The topological polar surface area (TPSA) is 86.6 Å². The summed E-state index contributed by atoms with van der Waals surface area (Å²) in [6.07, 6.45) is 6.42. The van der Waals surface area contributed by atoms with Crippen molar-refractivity contribution in [3.05, 3.63) is 47.8 Å². The largest absolute Gasteiger partial charge is 0.358 e. The van der Waals surface area contributed by atoms with Crippen LogP contribution in [0.1, 0.15) is 56.5 Å². The smallest absolute Gasteiger partial charge is 0.320 e. The summed E-state index contributed by atoms with van der Waals surface area (Å²) in [5.74, 6) is 1.12. The van der Waals surface area contributed by atoms with Crippen molar-refractivity contribution in [1.82, 2.24) is 34.8 Å². The Bertz CT molecular complexity index is 1100. The van der Waals surface area contributed by atoms with Crippen LogP contribution in [0.3, 0.4) is 0 Å². The molecule has 10 heteroatoms. The van der Waals surface area contributed by atoms with Crippen LogP contribution in [0.5, 0.6) is 0 Å². The fourth-order valence-corrected chi connectivity index (χ4v) is 5.96. The molecule has 1 atom stereocenters. The predicted molar refractivity (Wildman–Crippen MR) is 128 cm³/mol. The van der Waals surface area contributed by atoms with Crippen molar-refractivity contribution in [1.29, 1.82) is 0 Å². The van der Waals surface area contributed by atoms with E-state index in [0.717, 1.165) is 37.3 Å². The summed E-state index contributed by atoms with van der Waals surface area (Å²) in [7, 11) is 1.61. The molecule has 188 valence electrons. The number of urea groups is 1. The van der Waals surface area contributed by atoms with Gasteiger partial charge in [-0.15, -0.1) is 0 Å². The Morgan fingerprint density at radius 3 is 2.40 bits per heavy atom. The maximum absolute atomic E-state index is 13.4. The van der Waals surface area contributed by atoms with Gasteiger partial charge >= 0.3 is 6.03 Å². The Morgan fingerprint density at radius 1 is 1.09 bits per heavy atom. The summed E-state index contributed by atoms with van der Waals surface area (Å²) in [4.78, 5) is 36.1. The molecule has 6 rings (SSSR count). The van der Waals surface area contributed by atoms with Gasteiger partial charge in [0, 0.05) is 59.1 Å². The molecule has 1 aromatic heterocycles. The maximum Gasteiger partial charge on any atom is 0.320 e. The Balaban J connectivity index is 0.00000267. The molecule has 35 heavy (non-hydrogen) atoms. The molecule has 2 saturated carbocycles. The molecule has 0 bridgehead atoms. The lowest BCUT2D eigenvalue weighted by Gasteiger charge is -2.59. The first-order valence-electron chi connectivity index (χ1n) is 12.6. The highest BCUT2D eigenvalue weighted by Crippen LogP contribution is 2.54. The molecule has 1 N–H and O–H groups in total. The van der Waals surface area contributed by atoms with Crippen LogP contribution in [0.2, 0.25) is 0 Å². The average molecular weight is 484 g/mol. The summed E-state index contributed by atoms with van der Waals surface area (Å²) >= 11 is 0. The highest BCUT2D eigenvalue weighted by atomic mass is 19.1. The van der Waals surface area contributed by atoms with Crippen molar-refractivity contribution < 1.29 is 15.4 Å². The number of likely N-dealkylation sites (tertiary alicyclic amines) is 1. The molecule has 1 aromatic carbocycles. The Hall–Kier alpha value is -3.01. The standard InChI is InChI=1S/C25H32FN7O2.H2/c1-27-23(34)21(17-4-6-19(26)7-5-17)30-8-10-31(11-9-30)24(35)32-14-25(15-32)12-20(13-25)33-16-28-22(29-33)18-2-3-18;/h4-7,16,18,20-21H,2-3,8-15H2,1H3,(H,27,34);1H/t21-;/m0./s1. The van der Waals surface area contributed by atoms with Crippen molar-refractivity contribution in [3.63, 3.8) is 0 Å². The second-order valence-corrected chi connectivity index (χ2v) is 10.6. The predicted octanol–water partition coefficient (Wildman–Crippen LogP) is 2.40. The highest BCUT2D eigenvalue weighted by molar-refractivity contribution is 5.83. The second-order valence-electron chi connectivity index (χ2n) is 10.6. The molecule has 4 aliphatic rings. The van der Waals surface area contributed by atoms with Crippen LogP contribution >= 0.6 is 0 Å². The van der Waals surface area contributed by atoms with E-state index in [1.165, 1.54) is 25.0 Å². The van der Waals surface area contributed by atoms with Crippen LogP contribution in [-0.2, 0) is 4.79 Å². The van der Waals surface area contributed by atoms with Crippen LogP contribution in [0, 0.1) is 11.2 Å². The number of halogens is 1. The van der Waals surface area contributed by atoms with Crippen molar-refractivity contribution in [3.8, 4) is 0 Å². The number of carbonyl (C=O) groups is 2. The van der Waals surface area contributed by atoms with Gasteiger partial charge in [0.25, 0.3) is 0 Å². The van der Waals surface area contributed by atoms with E-state index in [9.17, 15) is 14.0 Å². The molecule has 9 nitrogen and oxygen atoms in total. The lowest BCUT2D eigenvalue weighted by Crippen LogP contribution is -2.67. The van der Waals surface area contributed by atoms with Crippen LogP contribution in [0.25, 0.3) is 0 Å². The number of nitrogens with one attached hydrogen (secondary N) is 1. The normalized spacial score (nSPS) is 23.0. The molecular weight excluding hydrogens is 449 g/mol. The number of likely N-dealkylation sites (N-methyl/N-ethyl adjacent to an activating group) is 1. The second kappa shape index (κ2) is 8.58. The van der Waals surface area contributed by atoms with Gasteiger partial charge < -0.3 is 15.1 Å². The molecule has 0 unspecified atom stereocenters. The molecule has 4 fully saturated rings. The van der Waals surface area contributed by atoms with Gasteiger partial charge in [-0.25, -0.2) is 18.9 Å². The first-order chi connectivity index (χ1) is 16.9. The zero-order valence-electron chi connectivity index (χ0n) is 20.1. The number of hydrogen-bond donors (Lipinski definition) is 1. The van der Waals surface area contributed by atoms with Crippen LogP contribution < -0.4 is 5.32 Å². The van der Waals surface area contributed by atoms with Crippen LogP contribution in [0.4, 0.5) is 9.18 Å². The minimum atomic E-state index is -0.491. The van der Waals surface area contributed by atoms with Crippen molar-refractivity contribution in [2.75, 3.05) is 46.3 Å². The lowest BCUT2D eigenvalue weighted by molar-refractivity contribution is -0.127. The minimum Gasteiger partial charge on any atom is -0.358 e. The lowest BCUT2D eigenvalue weighted by atomic mass is 9.61. The van der Waals surface area contributed by atoms with Crippen molar-refractivity contribution >= 4 is 11.9 Å². The van der Waals surface area contributed by atoms with Gasteiger partial charge in [-0.05, 0) is 43.4 Å². The molecular formula is C25H34FN7O2. The zero-order valence-corrected chi connectivity index (χ0v) is 20.1. The molecule has 1 spiro atoms. The number of carbonyl (C=O) groups excluding carboxylic acids is 2. The van der Waals surface area contributed by atoms with Crippen LogP contribution in [0.15, 0.2) is 30.6 Å². The van der Waals surface area contributed by atoms with Gasteiger partial charge in [-0.1, -0.05) is 12.1 Å². The number of rotatable bonds is 5. The number of amides is 3. The monoisotopic (exact) mass is 483 g/mol. The van der Waals surface area contributed by atoms with Gasteiger partial charge in [0.1, 0.15) is 18.2 Å².